The molecular weight excluding hydrogens is 272 g/mol. The van der Waals surface area contributed by atoms with Crippen LogP contribution in [0.3, 0.4) is 0 Å². The van der Waals surface area contributed by atoms with Crippen molar-refractivity contribution >= 4 is 33.3 Å². The molecule has 0 atom stereocenters. The Kier molecular flexibility index (Phi) is 3.39. The first-order valence-corrected chi connectivity index (χ1v) is 7.02. The van der Waals surface area contributed by atoms with E-state index in [9.17, 15) is 0 Å². The normalized spacial score (nSPS) is 10.7. The van der Waals surface area contributed by atoms with Crippen molar-refractivity contribution in [2.75, 3.05) is 18.2 Å². The second-order valence-corrected chi connectivity index (χ2v) is 5.17. The van der Waals surface area contributed by atoms with Gasteiger partial charge in [0.25, 0.3) is 0 Å². The molecule has 0 aliphatic heterocycles. The molecule has 0 bridgehead atoms. The number of rotatable bonds is 4. The standard InChI is InChI=1S/C14H14N4OS/c1-19-10-4-2-3-9(7-10)8-16-12-11-5-6-20-13(11)18-14(15)17-12/h2-7H,8H2,1H3,(H3,15,16,17,18). The molecule has 102 valence electrons. The fourth-order valence-corrected chi connectivity index (χ4v) is 2.75. The van der Waals surface area contributed by atoms with Gasteiger partial charge in [-0.25, -0.2) is 4.98 Å². The Bertz CT molecular complexity index is 741. The van der Waals surface area contributed by atoms with E-state index in [0.717, 1.165) is 27.3 Å². The summed E-state index contributed by atoms with van der Waals surface area (Å²) in [5, 5.41) is 6.28. The Morgan fingerprint density at radius 2 is 2.20 bits per heavy atom. The van der Waals surface area contributed by atoms with Gasteiger partial charge < -0.3 is 15.8 Å². The van der Waals surface area contributed by atoms with Crippen molar-refractivity contribution in [2.45, 2.75) is 6.54 Å². The number of benzene rings is 1. The number of hydrogen-bond donors (Lipinski definition) is 2. The lowest BCUT2D eigenvalue weighted by atomic mass is 10.2. The Balaban J connectivity index is 1.84. The van der Waals surface area contributed by atoms with Crippen LogP contribution in [0.15, 0.2) is 35.7 Å². The minimum atomic E-state index is 0.285. The molecule has 0 radical (unpaired) electrons. The molecule has 0 saturated carbocycles. The molecule has 0 aliphatic carbocycles. The molecule has 2 heterocycles. The molecule has 0 amide bonds. The topological polar surface area (TPSA) is 73.1 Å². The number of fused-ring (bicyclic) bond motifs is 1. The van der Waals surface area contributed by atoms with E-state index in [1.807, 2.05) is 35.7 Å². The van der Waals surface area contributed by atoms with E-state index in [1.165, 1.54) is 0 Å². The maximum atomic E-state index is 5.72. The van der Waals surface area contributed by atoms with Gasteiger partial charge in [0.2, 0.25) is 5.95 Å². The third-order valence-corrected chi connectivity index (χ3v) is 3.74. The molecule has 20 heavy (non-hydrogen) atoms. The number of nitrogen functional groups attached to an aromatic ring is 1. The molecule has 3 rings (SSSR count). The minimum absolute atomic E-state index is 0.285. The number of methoxy groups -OCH3 is 1. The third kappa shape index (κ3) is 2.50. The first-order chi connectivity index (χ1) is 9.76. The number of aromatic nitrogens is 2. The number of anilines is 2. The second-order valence-electron chi connectivity index (χ2n) is 4.27. The van der Waals surface area contributed by atoms with Crippen LogP contribution in [0, 0.1) is 0 Å². The van der Waals surface area contributed by atoms with Gasteiger partial charge in [-0.3, -0.25) is 0 Å². The van der Waals surface area contributed by atoms with E-state index in [2.05, 4.69) is 15.3 Å². The van der Waals surface area contributed by atoms with E-state index in [1.54, 1.807) is 18.4 Å². The second kappa shape index (κ2) is 5.34. The van der Waals surface area contributed by atoms with Crippen molar-refractivity contribution in [1.29, 1.82) is 0 Å². The van der Waals surface area contributed by atoms with Crippen LogP contribution in [0.1, 0.15) is 5.56 Å². The molecule has 5 nitrogen and oxygen atoms in total. The monoisotopic (exact) mass is 286 g/mol. The van der Waals surface area contributed by atoms with Crippen molar-refractivity contribution in [3.8, 4) is 5.75 Å². The zero-order valence-corrected chi connectivity index (χ0v) is 11.8. The number of ether oxygens (including phenoxy) is 1. The summed E-state index contributed by atoms with van der Waals surface area (Å²) in [5.41, 5.74) is 6.84. The van der Waals surface area contributed by atoms with Crippen molar-refractivity contribution in [3.05, 3.63) is 41.3 Å². The summed E-state index contributed by atoms with van der Waals surface area (Å²) in [6.45, 7) is 0.651. The van der Waals surface area contributed by atoms with Crippen molar-refractivity contribution in [3.63, 3.8) is 0 Å². The highest BCUT2D eigenvalue weighted by atomic mass is 32.1. The van der Waals surface area contributed by atoms with Gasteiger partial charge in [0, 0.05) is 6.54 Å². The van der Waals surface area contributed by atoms with Crippen LogP contribution in [0.25, 0.3) is 10.2 Å². The fraction of sp³-hybridized carbons (Fsp3) is 0.143. The Morgan fingerprint density at radius 3 is 3.05 bits per heavy atom. The fourth-order valence-electron chi connectivity index (χ4n) is 1.97. The molecule has 3 N–H and O–H groups in total. The van der Waals surface area contributed by atoms with E-state index in [0.29, 0.717) is 6.54 Å². The third-order valence-electron chi connectivity index (χ3n) is 2.94. The number of nitrogens with two attached hydrogens (primary N) is 1. The SMILES string of the molecule is COc1cccc(CNc2nc(N)nc3sccc23)c1. The molecule has 0 saturated heterocycles. The van der Waals surface area contributed by atoms with Crippen molar-refractivity contribution in [2.24, 2.45) is 0 Å². The molecule has 0 aliphatic rings. The van der Waals surface area contributed by atoms with E-state index < -0.39 is 0 Å². The first-order valence-electron chi connectivity index (χ1n) is 6.14. The molecule has 0 spiro atoms. The number of thiophene rings is 1. The van der Waals surface area contributed by atoms with Gasteiger partial charge in [0.05, 0.1) is 12.5 Å². The van der Waals surface area contributed by atoms with Gasteiger partial charge in [-0.2, -0.15) is 4.98 Å². The average Bonchev–Trinajstić information content (AvgIpc) is 2.93. The Morgan fingerprint density at radius 1 is 1.30 bits per heavy atom. The highest BCUT2D eigenvalue weighted by molar-refractivity contribution is 7.16. The molecule has 0 unspecified atom stereocenters. The largest absolute Gasteiger partial charge is 0.497 e. The summed E-state index contributed by atoms with van der Waals surface area (Å²) in [5.74, 6) is 1.89. The quantitative estimate of drug-likeness (QED) is 0.771. The van der Waals surface area contributed by atoms with Crippen molar-refractivity contribution in [1.82, 2.24) is 9.97 Å². The van der Waals surface area contributed by atoms with Crippen LogP contribution in [-0.4, -0.2) is 17.1 Å². The van der Waals surface area contributed by atoms with Crippen LogP contribution in [0.2, 0.25) is 0 Å². The summed E-state index contributed by atoms with van der Waals surface area (Å²) < 4.78 is 5.21. The summed E-state index contributed by atoms with van der Waals surface area (Å²) >= 11 is 1.55. The van der Waals surface area contributed by atoms with Gasteiger partial charge >= 0.3 is 0 Å². The number of hydrogen-bond acceptors (Lipinski definition) is 6. The lowest BCUT2D eigenvalue weighted by Crippen LogP contribution is -2.04. The van der Waals surface area contributed by atoms with Crippen LogP contribution in [-0.2, 0) is 6.54 Å². The number of nitrogens with one attached hydrogen (secondary N) is 1. The highest BCUT2D eigenvalue weighted by Crippen LogP contribution is 2.26. The van der Waals surface area contributed by atoms with Gasteiger partial charge in [0.15, 0.2) is 0 Å². The molecular formula is C14H14N4OS. The molecule has 1 aromatic carbocycles. The van der Waals surface area contributed by atoms with E-state index in [4.69, 9.17) is 10.5 Å². The average molecular weight is 286 g/mol. The molecule has 3 aromatic rings. The molecule has 2 aromatic heterocycles. The number of nitrogens with zero attached hydrogens (tertiary/aromatic N) is 2. The predicted molar refractivity (Wildman–Crippen MR) is 82.1 cm³/mol. The summed E-state index contributed by atoms with van der Waals surface area (Å²) in [6, 6.07) is 9.90. The van der Waals surface area contributed by atoms with Crippen LogP contribution in [0.5, 0.6) is 5.75 Å². The molecule has 6 heteroatoms. The maximum absolute atomic E-state index is 5.72. The van der Waals surface area contributed by atoms with Crippen LogP contribution in [0.4, 0.5) is 11.8 Å². The Labute approximate surface area is 120 Å². The lowest BCUT2D eigenvalue weighted by molar-refractivity contribution is 0.414. The summed E-state index contributed by atoms with van der Waals surface area (Å²) in [7, 11) is 1.66. The minimum Gasteiger partial charge on any atom is -0.497 e. The predicted octanol–water partition coefficient (Wildman–Crippen LogP) is 2.89. The highest BCUT2D eigenvalue weighted by Gasteiger charge is 2.07. The zero-order chi connectivity index (χ0) is 13.9. The Hall–Kier alpha value is -2.34. The summed E-state index contributed by atoms with van der Waals surface area (Å²) in [4.78, 5) is 9.36. The van der Waals surface area contributed by atoms with Gasteiger partial charge in [0.1, 0.15) is 16.4 Å². The van der Waals surface area contributed by atoms with Gasteiger partial charge in [-0.1, -0.05) is 12.1 Å². The van der Waals surface area contributed by atoms with Crippen molar-refractivity contribution < 1.29 is 4.74 Å². The van der Waals surface area contributed by atoms with Crippen LogP contribution < -0.4 is 15.8 Å². The smallest absolute Gasteiger partial charge is 0.223 e. The maximum Gasteiger partial charge on any atom is 0.223 e. The zero-order valence-electron chi connectivity index (χ0n) is 11.0. The summed E-state index contributed by atoms with van der Waals surface area (Å²) in [6.07, 6.45) is 0. The molecule has 0 fully saturated rings. The first kappa shape index (κ1) is 12.7. The van der Waals surface area contributed by atoms with E-state index in [-0.39, 0.29) is 5.95 Å². The van der Waals surface area contributed by atoms with Crippen LogP contribution >= 0.6 is 11.3 Å². The lowest BCUT2D eigenvalue weighted by Gasteiger charge is -2.08. The van der Waals surface area contributed by atoms with Gasteiger partial charge in [-0.15, -0.1) is 11.3 Å². The van der Waals surface area contributed by atoms with E-state index >= 15 is 0 Å². The van der Waals surface area contributed by atoms with Gasteiger partial charge in [-0.05, 0) is 29.1 Å².